The van der Waals surface area contributed by atoms with Crippen molar-refractivity contribution < 1.29 is 19.2 Å². The Bertz CT molecular complexity index is 1350. The van der Waals surface area contributed by atoms with Crippen LogP contribution >= 0.6 is 0 Å². The Morgan fingerprint density at radius 1 is 1.08 bits per heavy atom. The zero-order chi connectivity index (χ0) is 27.4. The average molecular weight is 534 g/mol. The minimum absolute atomic E-state index is 0.00826. The first-order chi connectivity index (χ1) is 18.9. The summed E-state index contributed by atoms with van der Waals surface area (Å²) in [6.07, 6.45) is 5.87. The van der Waals surface area contributed by atoms with Gasteiger partial charge in [0.25, 0.3) is 5.91 Å². The minimum atomic E-state index is -0.964. The summed E-state index contributed by atoms with van der Waals surface area (Å²) >= 11 is 0. The van der Waals surface area contributed by atoms with E-state index in [-0.39, 0.29) is 62.4 Å². The lowest BCUT2D eigenvalue weighted by Crippen LogP contribution is -2.64. The number of aromatic nitrogens is 5. The molecule has 1 saturated heterocycles. The van der Waals surface area contributed by atoms with Gasteiger partial charge >= 0.3 is 0 Å². The van der Waals surface area contributed by atoms with E-state index in [1.807, 2.05) is 30.3 Å². The third-order valence-electron chi connectivity index (χ3n) is 6.91. The second-order valence-corrected chi connectivity index (χ2v) is 9.83. The molecular formula is C26H31N9O4. The van der Waals surface area contributed by atoms with Crippen molar-refractivity contribution in [3.05, 3.63) is 66.0 Å². The molecule has 0 spiro atoms. The summed E-state index contributed by atoms with van der Waals surface area (Å²) < 4.78 is 3.30. The molecule has 39 heavy (non-hydrogen) atoms. The monoisotopic (exact) mass is 533 g/mol. The van der Waals surface area contributed by atoms with E-state index in [0.717, 1.165) is 5.56 Å². The zero-order valence-electron chi connectivity index (χ0n) is 21.7. The highest BCUT2D eigenvalue weighted by Gasteiger charge is 2.40. The lowest BCUT2D eigenvalue weighted by Gasteiger charge is -2.41. The molecular weight excluding hydrogens is 502 g/mol. The van der Waals surface area contributed by atoms with Crippen LogP contribution < -0.4 is 10.6 Å². The first-order valence-electron chi connectivity index (χ1n) is 12.9. The number of aryl methyl sites for hydroxylation is 2. The molecule has 2 atom stereocenters. The van der Waals surface area contributed by atoms with E-state index in [0.29, 0.717) is 18.7 Å². The predicted molar refractivity (Wildman–Crippen MR) is 138 cm³/mol. The van der Waals surface area contributed by atoms with Crippen molar-refractivity contribution in [2.75, 3.05) is 19.6 Å². The summed E-state index contributed by atoms with van der Waals surface area (Å²) in [5, 5.41) is 13.9. The number of piperazine rings is 1. The van der Waals surface area contributed by atoms with Crippen molar-refractivity contribution in [1.29, 1.82) is 0 Å². The predicted octanol–water partition coefficient (Wildman–Crippen LogP) is -0.498. The number of imidazole rings is 1. The molecule has 0 saturated carbocycles. The van der Waals surface area contributed by atoms with Gasteiger partial charge in [0.2, 0.25) is 17.7 Å². The highest BCUT2D eigenvalue weighted by molar-refractivity contribution is 5.95. The van der Waals surface area contributed by atoms with Gasteiger partial charge in [0.05, 0.1) is 25.6 Å². The van der Waals surface area contributed by atoms with Crippen molar-refractivity contribution in [1.82, 2.24) is 45.0 Å². The summed E-state index contributed by atoms with van der Waals surface area (Å²) in [5.41, 5.74) is 1.70. The lowest BCUT2D eigenvalue weighted by atomic mass is 10.0. The highest BCUT2D eigenvalue weighted by Crippen LogP contribution is 2.17. The third-order valence-corrected chi connectivity index (χ3v) is 6.91. The Balaban J connectivity index is 1.43. The number of hydrogen-bond donors (Lipinski definition) is 2. The lowest BCUT2D eigenvalue weighted by molar-refractivity contribution is -0.146. The number of nitrogens with zero attached hydrogens (tertiary/aromatic N) is 7. The average Bonchev–Trinajstić information content (AvgIpc) is 3.59. The van der Waals surface area contributed by atoms with Crippen molar-refractivity contribution in [3.63, 3.8) is 0 Å². The molecule has 2 bridgehead atoms. The Hall–Kier alpha value is -4.55. The van der Waals surface area contributed by atoms with Gasteiger partial charge in [-0.3, -0.25) is 23.9 Å². The topological polar surface area (TPSA) is 147 Å². The molecule has 13 nitrogen and oxygen atoms in total. The number of hydrogen-bond acceptors (Lipinski definition) is 7. The van der Waals surface area contributed by atoms with E-state index in [1.54, 1.807) is 28.7 Å². The normalized spacial score (nSPS) is 20.9. The molecule has 0 aliphatic carbocycles. The smallest absolute Gasteiger partial charge is 0.274 e. The molecule has 5 rings (SSSR count). The van der Waals surface area contributed by atoms with Crippen LogP contribution in [0.25, 0.3) is 0 Å². The summed E-state index contributed by atoms with van der Waals surface area (Å²) in [4.78, 5) is 60.6. The Kier molecular flexibility index (Phi) is 7.66. The van der Waals surface area contributed by atoms with Crippen LogP contribution in [0.4, 0.5) is 0 Å². The maximum atomic E-state index is 13.9. The van der Waals surface area contributed by atoms with Gasteiger partial charge in [-0.1, -0.05) is 35.5 Å². The first kappa shape index (κ1) is 26.1. The largest absolute Gasteiger partial charge is 0.348 e. The van der Waals surface area contributed by atoms with Crippen LogP contribution in [-0.2, 0) is 40.9 Å². The highest BCUT2D eigenvalue weighted by atomic mass is 16.2. The second-order valence-electron chi connectivity index (χ2n) is 9.83. The number of carbonyl (C=O) groups excluding carboxylic acids is 4. The summed E-state index contributed by atoms with van der Waals surface area (Å²) in [7, 11) is 1.77. The molecule has 4 amide bonds. The maximum absolute atomic E-state index is 13.9. The Morgan fingerprint density at radius 3 is 2.67 bits per heavy atom. The van der Waals surface area contributed by atoms with Crippen LogP contribution in [0.5, 0.6) is 0 Å². The van der Waals surface area contributed by atoms with E-state index in [2.05, 4.69) is 25.9 Å². The van der Waals surface area contributed by atoms with Gasteiger partial charge in [-0.2, -0.15) is 0 Å². The van der Waals surface area contributed by atoms with Crippen molar-refractivity contribution in [2.45, 2.75) is 44.4 Å². The number of carbonyl (C=O) groups is 4. The van der Waals surface area contributed by atoms with Gasteiger partial charge in [0.1, 0.15) is 23.5 Å². The summed E-state index contributed by atoms with van der Waals surface area (Å²) in [5.74, 6) is -1.36. The van der Waals surface area contributed by atoms with Crippen LogP contribution in [0, 0.1) is 0 Å². The number of benzene rings is 1. The standard InChI is InChI=1S/C26H31N9O4/c1-32-15-21(28-17-32)25(38)33-10-11-35-22(16-33)24(37)27-13-19-14-34(31-30-19)9-5-8-23(36)29-20(26(35)39)12-18-6-3-2-4-7-18/h2-4,6-7,14-15,17,20,22H,5,8-13,16H2,1H3,(H,27,37)(H,29,36)/t20-,22+/m0/s1. The van der Waals surface area contributed by atoms with E-state index >= 15 is 0 Å². The van der Waals surface area contributed by atoms with E-state index in [9.17, 15) is 19.2 Å². The Morgan fingerprint density at radius 2 is 1.90 bits per heavy atom. The number of fused-ring (bicyclic) bond motifs is 3. The molecule has 2 N–H and O–H groups in total. The third kappa shape index (κ3) is 6.13. The Labute approximate surface area is 225 Å². The van der Waals surface area contributed by atoms with E-state index in [1.165, 1.54) is 16.1 Å². The molecule has 0 unspecified atom stereocenters. The number of rotatable bonds is 3. The fourth-order valence-electron chi connectivity index (χ4n) is 4.88. The quantitative estimate of drug-likeness (QED) is 0.461. The van der Waals surface area contributed by atoms with Gasteiger partial charge in [0, 0.05) is 45.7 Å². The minimum Gasteiger partial charge on any atom is -0.348 e. The van der Waals surface area contributed by atoms with E-state index in [4.69, 9.17) is 0 Å². The maximum Gasteiger partial charge on any atom is 0.274 e. The SMILES string of the molecule is Cn1cnc(C(=O)N2CCN3C(=O)[C@H](Cc4ccccc4)NC(=O)CCCn4cc(nn4)CNC(=O)[C@H]3C2)c1. The van der Waals surface area contributed by atoms with Gasteiger partial charge in [-0.05, 0) is 12.0 Å². The van der Waals surface area contributed by atoms with Crippen LogP contribution in [-0.4, -0.2) is 89.7 Å². The molecule has 2 aliphatic heterocycles. The van der Waals surface area contributed by atoms with Crippen LogP contribution in [0.3, 0.4) is 0 Å². The molecule has 13 heteroatoms. The van der Waals surface area contributed by atoms with Crippen molar-refractivity contribution in [3.8, 4) is 0 Å². The fourth-order valence-corrected chi connectivity index (χ4v) is 4.88. The van der Waals surface area contributed by atoms with Gasteiger partial charge in [0.15, 0.2) is 0 Å². The van der Waals surface area contributed by atoms with Gasteiger partial charge in [-0.25, -0.2) is 4.98 Å². The molecule has 1 aromatic carbocycles. The van der Waals surface area contributed by atoms with Crippen molar-refractivity contribution >= 4 is 23.6 Å². The van der Waals surface area contributed by atoms with Gasteiger partial charge in [-0.15, -0.1) is 5.10 Å². The molecule has 2 aromatic heterocycles. The van der Waals surface area contributed by atoms with Crippen LogP contribution in [0.15, 0.2) is 49.1 Å². The first-order valence-corrected chi connectivity index (χ1v) is 12.9. The number of amides is 4. The molecule has 3 aromatic rings. The molecule has 2 aliphatic rings. The molecule has 0 radical (unpaired) electrons. The molecule has 204 valence electrons. The number of nitrogens with one attached hydrogen (secondary N) is 2. The van der Waals surface area contributed by atoms with Crippen molar-refractivity contribution in [2.24, 2.45) is 7.05 Å². The van der Waals surface area contributed by atoms with E-state index < -0.39 is 18.0 Å². The summed E-state index contributed by atoms with van der Waals surface area (Å²) in [6.45, 7) is 0.949. The van der Waals surface area contributed by atoms with Gasteiger partial charge < -0.3 is 25.0 Å². The second kappa shape index (κ2) is 11.5. The molecule has 4 heterocycles. The van der Waals surface area contributed by atoms with Crippen LogP contribution in [0.2, 0.25) is 0 Å². The van der Waals surface area contributed by atoms with Crippen LogP contribution in [0.1, 0.15) is 34.6 Å². The summed E-state index contributed by atoms with van der Waals surface area (Å²) in [6, 6.07) is 7.59. The zero-order valence-corrected chi connectivity index (χ0v) is 21.7. The fraction of sp³-hybridized carbons (Fsp3) is 0.423. The molecule has 1 fully saturated rings.